The first-order valence-corrected chi connectivity index (χ1v) is 8.09. The molecule has 0 spiro atoms. The molecule has 0 atom stereocenters. The third-order valence-corrected chi connectivity index (χ3v) is 4.79. The van der Waals surface area contributed by atoms with Crippen LogP contribution in [0.3, 0.4) is 0 Å². The Morgan fingerprint density at radius 3 is 2.24 bits per heavy atom. The zero-order valence-electron chi connectivity index (χ0n) is 13.4. The van der Waals surface area contributed by atoms with Crippen LogP contribution in [0.15, 0.2) is 24.3 Å². The molecule has 0 radical (unpaired) electrons. The summed E-state index contributed by atoms with van der Waals surface area (Å²) in [6.07, 6.45) is 6.61. The molecule has 1 saturated carbocycles. The van der Waals surface area contributed by atoms with Crippen LogP contribution < -0.4 is 5.73 Å². The van der Waals surface area contributed by atoms with Gasteiger partial charge in [0.05, 0.1) is 5.41 Å². The van der Waals surface area contributed by atoms with Crippen LogP contribution in [0.1, 0.15) is 49.7 Å². The first-order valence-electron chi connectivity index (χ1n) is 8.09. The van der Waals surface area contributed by atoms with Crippen LogP contribution in [0.4, 0.5) is 0 Å². The maximum absolute atomic E-state index is 12.9. The van der Waals surface area contributed by atoms with Gasteiger partial charge in [0.25, 0.3) is 0 Å². The third-order valence-electron chi connectivity index (χ3n) is 4.79. The summed E-state index contributed by atoms with van der Waals surface area (Å²) in [6.45, 7) is 3.22. The van der Waals surface area contributed by atoms with Crippen molar-refractivity contribution >= 4 is 5.91 Å². The van der Waals surface area contributed by atoms with E-state index >= 15 is 0 Å². The minimum absolute atomic E-state index is 0.229. The Hall–Kier alpha value is -1.35. The lowest BCUT2D eigenvalue weighted by molar-refractivity contribution is -0.141. The Kier molecular flexibility index (Phi) is 5.40. The van der Waals surface area contributed by atoms with Crippen LogP contribution in [-0.2, 0) is 11.3 Å². The van der Waals surface area contributed by atoms with E-state index in [1.165, 1.54) is 24.0 Å². The van der Waals surface area contributed by atoms with Gasteiger partial charge in [0.1, 0.15) is 0 Å². The lowest BCUT2D eigenvalue weighted by Gasteiger charge is -2.34. The number of rotatable bonds is 4. The highest BCUT2D eigenvalue weighted by molar-refractivity contribution is 5.82. The SMILES string of the molecule is Cc1ccc(CN(C)C(=O)C2(CN)CCCCCC2)cc1. The number of benzene rings is 1. The average Bonchev–Trinajstić information content (AvgIpc) is 2.75. The second kappa shape index (κ2) is 7.08. The van der Waals surface area contributed by atoms with Gasteiger partial charge in [-0.3, -0.25) is 4.79 Å². The molecule has 3 heteroatoms. The minimum Gasteiger partial charge on any atom is -0.341 e. The first-order chi connectivity index (χ1) is 10.1. The molecule has 0 heterocycles. The Labute approximate surface area is 128 Å². The van der Waals surface area contributed by atoms with Crippen molar-refractivity contribution in [2.75, 3.05) is 13.6 Å². The maximum Gasteiger partial charge on any atom is 0.230 e. The van der Waals surface area contributed by atoms with Crippen molar-refractivity contribution in [2.24, 2.45) is 11.1 Å². The van der Waals surface area contributed by atoms with E-state index < -0.39 is 0 Å². The fraction of sp³-hybridized carbons (Fsp3) is 0.611. The van der Waals surface area contributed by atoms with Crippen LogP contribution in [0.5, 0.6) is 0 Å². The maximum atomic E-state index is 12.9. The third kappa shape index (κ3) is 3.85. The molecule has 2 N–H and O–H groups in total. The van der Waals surface area contributed by atoms with Crippen LogP contribution in [0.2, 0.25) is 0 Å². The van der Waals surface area contributed by atoms with Crippen molar-refractivity contribution < 1.29 is 4.79 Å². The van der Waals surface area contributed by atoms with Gasteiger partial charge in [-0.15, -0.1) is 0 Å². The first kappa shape index (κ1) is 16.0. The van der Waals surface area contributed by atoms with Crippen molar-refractivity contribution in [1.29, 1.82) is 0 Å². The van der Waals surface area contributed by atoms with Gasteiger partial charge in [-0.25, -0.2) is 0 Å². The molecule has 3 nitrogen and oxygen atoms in total. The number of hydrogen-bond donors (Lipinski definition) is 1. The van der Waals surface area contributed by atoms with Gasteiger partial charge in [-0.2, -0.15) is 0 Å². The van der Waals surface area contributed by atoms with E-state index in [1.807, 2.05) is 11.9 Å². The summed E-state index contributed by atoms with van der Waals surface area (Å²) in [7, 11) is 1.91. The molecule has 0 aromatic heterocycles. The molecule has 0 aliphatic heterocycles. The average molecular weight is 288 g/mol. The fourth-order valence-electron chi connectivity index (χ4n) is 3.35. The number of nitrogens with zero attached hydrogens (tertiary/aromatic N) is 1. The summed E-state index contributed by atoms with van der Waals surface area (Å²) in [5.74, 6) is 0.229. The molecule has 2 rings (SSSR count). The standard InChI is InChI=1S/C18H28N2O/c1-15-7-9-16(10-8-15)13-20(2)17(21)18(14-19)11-5-3-4-6-12-18/h7-10H,3-6,11-14,19H2,1-2H3. The van der Waals surface area contributed by atoms with Gasteiger partial charge < -0.3 is 10.6 Å². The Balaban J connectivity index is 2.07. The molecule has 0 bridgehead atoms. The summed E-state index contributed by atoms with van der Waals surface area (Å²) < 4.78 is 0. The van der Waals surface area contributed by atoms with Crippen molar-refractivity contribution in [1.82, 2.24) is 4.90 Å². The smallest absolute Gasteiger partial charge is 0.230 e. The predicted octanol–water partition coefficient (Wildman–Crippen LogP) is 3.25. The van der Waals surface area contributed by atoms with E-state index in [2.05, 4.69) is 31.2 Å². The number of amides is 1. The number of hydrogen-bond acceptors (Lipinski definition) is 2. The second-order valence-corrected chi connectivity index (χ2v) is 6.55. The Morgan fingerprint density at radius 1 is 1.14 bits per heavy atom. The molecular weight excluding hydrogens is 260 g/mol. The van der Waals surface area contributed by atoms with Gasteiger partial charge in [-0.05, 0) is 25.3 Å². The number of carbonyl (C=O) groups excluding carboxylic acids is 1. The molecule has 0 unspecified atom stereocenters. The van der Waals surface area contributed by atoms with Gasteiger partial charge in [-0.1, -0.05) is 55.5 Å². The zero-order valence-corrected chi connectivity index (χ0v) is 13.4. The lowest BCUT2D eigenvalue weighted by Crippen LogP contribution is -2.46. The molecule has 1 aromatic carbocycles. The van der Waals surface area contributed by atoms with Crippen LogP contribution in [-0.4, -0.2) is 24.4 Å². The van der Waals surface area contributed by atoms with E-state index in [0.29, 0.717) is 13.1 Å². The summed E-state index contributed by atoms with van der Waals surface area (Å²) >= 11 is 0. The molecule has 1 aliphatic carbocycles. The monoisotopic (exact) mass is 288 g/mol. The summed E-state index contributed by atoms with van der Waals surface area (Å²) in [5, 5.41) is 0. The van der Waals surface area contributed by atoms with Crippen LogP contribution in [0.25, 0.3) is 0 Å². The van der Waals surface area contributed by atoms with Crippen molar-refractivity contribution in [3.63, 3.8) is 0 Å². The molecule has 1 fully saturated rings. The highest BCUT2D eigenvalue weighted by Crippen LogP contribution is 2.36. The van der Waals surface area contributed by atoms with Crippen molar-refractivity contribution in [3.8, 4) is 0 Å². The second-order valence-electron chi connectivity index (χ2n) is 6.55. The molecule has 21 heavy (non-hydrogen) atoms. The van der Waals surface area contributed by atoms with Crippen LogP contribution in [0, 0.1) is 12.3 Å². The van der Waals surface area contributed by atoms with Gasteiger partial charge in [0.2, 0.25) is 5.91 Å². The summed E-state index contributed by atoms with van der Waals surface area (Å²) in [6, 6.07) is 8.39. The molecular formula is C18H28N2O. The Bertz CT molecular complexity index is 459. The van der Waals surface area contributed by atoms with E-state index in [0.717, 1.165) is 25.7 Å². The molecule has 1 aromatic rings. The van der Waals surface area contributed by atoms with Gasteiger partial charge >= 0.3 is 0 Å². The topological polar surface area (TPSA) is 46.3 Å². The highest BCUT2D eigenvalue weighted by atomic mass is 16.2. The van der Waals surface area contributed by atoms with Gasteiger partial charge in [0.15, 0.2) is 0 Å². The van der Waals surface area contributed by atoms with Crippen molar-refractivity contribution in [2.45, 2.75) is 52.0 Å². The minimum atomic E-state index is -0.323. The molecule has 1 aliphatic rings. The largest absolute Gasteiger partial charge is 0.341 e. The normalized spacial score (nSPS) is 18.0. The number of aryl methyl sites for hydroxylation is 1. The van der Waals surface area contributed by atoms with Crippen LogP contribution >= 0.6 is 0 Å². The summed E-state index contributed by atoms with van der Waals surface area (Å²) in [4.78, 5) is 14.8. The van der Waals surface area contributed by atoms with E-state index in [4.69, 9.17) is 5.73 Å². The quantitative estimate of drug-likeness (QED) is 0.864. The molecule has 0 saturated heterocycles. The molecule has 1 amide bonds. The van der Waals surface area contributed by atoms with E-state index in [-0.39, 0.29) is 11.3 Å². The van der Waals surface area contributed by atoms with E-state index in [1.54, 1.807) is 0 Å². The zero-order chi connectivity index (χ0) is 15.3. The summed E-state index contributed by atoms with van der Waals surface area (Å²) in [5.41, 5.74) is 8.11. The number of carbonyl (C=O) groups is 1. The van der Waals surface area contributed by atoms with E-state index in [9.17, 15) is 4.79 Å². The molecule has 116 valence electrons. The Morgan fingerprint density at radius 2 is 1.71 bits per heavy atom. The van der Waals surface area contributed by atoms with Gasteiger partial charge in [0, 0.05) is 20.1 Å². The lowest BCUT2D eigenvalue weighted by atomic mass is 9.79. The predicted molar refractivity (Wildman–Crippen MR) is 86.8 cm³/mol. The van der Waals surface area contributed by atoms with Crippen molar-refractivity contribution in [3.05, 3.63) is 35.4 Å². The highest BCUT2D eigenvalue weighted by Gasteiger charge is 2.38. The number of nitrogens with two attached hydrogens (primary N) is 1. The fourth-order valence-corrected chi connectivity index (χ4v) is 3.35.